The van der Waals surface area contributed by atoms with Crippen LogP contribution in [0.5, 0.6) is 0 Å². The fourth-order valence-electron chi connectivity index (χ4n) is 1.11. The first kappa shape index (κ1) is 19.9. The normalized spacial score (nSPS) is 13.6. The molecule has 121 valence electrons. The van der Waals surface area contributed by atoms with Crippen molar-refractivity contribution in [1.29, 1.82) is 0 Å². The molecule has 1 radical (unpaired) electrons. The number of hydrogen-bond acceptors (Lipinski definition) is 4. The summed E-state index contributed by atoms with van der Waals surface area (Å²) in [6.45, 7) is 13.0. The van der Waals surface area contributed by atoms with Crippen LogP contribution in [0.1, 0.15) is 55.4 Å². The van der Waals surface area contributed by atoms with Crippen molar-refractivity contribution in [2.45, 2.75) is 77.7 Å². The lowest BCUT2D eigenvalue weighted by Gasteiger charge is -2.39. The molecular formula is C14H28BN2O4. The summed E-state index contributed by atoms with van der Waals surface area (Å²) in [6.07, 6.45) is 0. The van der Waals surface area contributed by atoms with Gasteiger partial charge in [0.15, 0.2) is 11.6 Å². The molecule has 0 saturated heterocycles. The van der Waals surface area contributed by atoms with Gasteiger partial charge in [0.05, 0.1) is 22.3 Å². The Morgan fingerprint density at radius 3 is 1.14 bits per heavy atom. The molecule has 0 aliphatic rings. The molecule has 0 fully saturated rings. The van der Waals surface area contributed by atoms with Crippen molar-refractivity contribution in [1.82, 2.24) is 10.6 Å². The minimum Gasteiger partial charge on any atom is -0.388 e. The smallest absolute Gasteiger partial charge is 0.350 e. The Labute approximate surface area is 127 Å². The van der Waals surface area contributed by atoms with Crippen molar-refractivity contribution in [3.05, 3.63) is 0 Å². The fraction of sp³-hybridized carbons (Fsp3) is 0.857. The quantitative estimate of drug-likeness (QED) is 0.554. The maximum atomic E-state index is 11.9. The van der Waals surface area contributed by atoms with Crippen LogP contribution in [0.2, 0.25) is 0 Å². The van der Waals surface area contributed by atoms with Gasteiger partial charge >= 0.3 is 7.28 Å². The molecule has 0 aromatic rings. The van der Waals surface area contributed by atoms with Crippen LogP contribution in [0, 0.1) is 0 Å². The summed E-state index contributed by atoms with van der Waals surface area (Å²) in [5.41, 5.74) is -4.07. The minimum atomic E-state index is -1.14. The Morgan fingerprint density at radius 1 is 0.714 bits per heavy atom. The van der Waals surface area contributed by atoms with Gasteiger partial charge in [-0.25, -0.2) is 0 Å². The molecule has 0 unspecified atom stereocenters. The third-order valence-corrected chi connectivity index (χ3v) is 4.19. The molecule has 7 heteroatoms. The number of amides is 2. The Hall–Kier alpha value is -1.08. The second-order valence-corrected chi connectivity index (χ2v) is 7.49. The Kier molecular flexibility index (Phi) is 5.66. The summed E-state index contributed by atoms with van der Waals surface area (Å²) in [4.78, 5) is 23.7. The van der Waals surface area contributed by atoms with Crippen molar-refractivity contribution in [2.75, 3.05) is 0 Å². The van der Waals surface area contributed by atoms with Gasteiger partial charge in [0.2, 0.25) is 0 Å². The van der Waals surface area contributed by atoms with E-state index in [0.29, 0.717) is 0 Å². The van der Waals surface area contributed by atoms with Gasteiger partial charge in [0.25, 0.3) is 0 Å². The Balaban J connectivity index is 4.66. The first-order valence-corrected chi connectivity index (χ1v) is 6.93. The molecule has 0 spiro atoms. The van der Waals surface area contributed by atoms with E-state index in [2.05, 4.69) is 10.6 Å². The van der Waals surface area contributed by atoms with E-state index in [4.69, 9.17) is 0 Å². The molecule has 0 rings (SSSR count). The van der Waals surface area contributed by atoms with Crippen LogP contribution in [0.15, 0.2) is 0 Å². The molecule has 0 aliphatic heterocycles. The second-order valence-electron chi connectivity index (χ2n) is 7.49. The molecule has 0 aromatic heterocycles. The highest BCUT2D eigenvalue weighted by molar-refractivity contribution is 6.96. The summed E-state index contributed by atoms with van der Waals surface area (Å²) in [5, 5.41) is 25.1. The molecule has 0 saturated carbocycles. The van der Waals surface area contributed by atoms with Crippen LogP contribution in [0.4, 0.5) is 9.59 Å². The van der Waals surface area contributed by atoms with Crippen molar-refractivity contribution >= 4 is 18.9 Å². The van der Waals surface area contributed by atoms with Gasteiger partial charge in [0, 0.05) is 0 Å². The average molecular weight is 299 g/mol. The van der Waals surface area contributed by atoms with Crippen molar-refractivity contribution in [2.24, 2.45) is 0 Å². The van der Waals surface area contributed by atoms with Crippen LogP contribution < -0.4 is 10.6 Å². The van der Waals surface area contributed by atoms with Crippen LogP contribution in [-0.2, 0) is 0 Å². The number of aliphatic hydroxyl groups is 2. The van der Waals surface area contributed by atoms with Gasteiger partial charge in [-0.1, -0.05) is 0 Å². The molecule has 6 nitrogen and oxygen atoms in total. The number of nitrogens with one attached hydrogen (secondary N) is 2. The van der Waals surface area contributed by atoms with E-state index in [1.165, 1.54) is 0 Å². The molecular weight excluding hydrogens is 271 g/mol. The van der Waals surface area contributed by atoms with E-state index in [0.717, 1.165) is 7.28 Å². The third kappa shape index (κ3) is 5.67. The molecule has 4 N–H and O–H groups in total. The van der Waals surface area contributed by atoms with Gasteiger partial charge in [-0.15, -0.1) is 0 Å². The van der Waals surface area contributed by atoms with E-state index in [9.17, 15) is 19.8 Å². The molecule has 0 bridgehead atoms. The van der Waals surface area contributed by atoms with Crippen LogP contribution in [-0.4, -0.2) is 51.4 Å². The average Bonchev–Trinajstić information content (AvgIpc) is 2.10. The number of hydrogen-bond donors (Lipinski definition) is 4. The Morgan fingerprint density at radius 2 is 0.952 bits per heavy atom. The highest BCUT2D eigenvalue weighted by Crippen LogP contribution is 2.21. The highest BCUT2D eigenvalue weighted by Gasteiger charge is 2.39. The molecule has 2 amide bonds. The second kappa shape index (κ2) is 5.97. The van der Waals surface area contributed by atoms with Gasteiger partial charge < -0.3 is 20.8 Å². The lowest BCUT2D eigenvalue weighted by Crippen LogP contribution is -2.61. The number of carbonyl (C=O) groups excluding carboxylic acids is 2. The Bertz CT molecular complexity index is 368. The van der Waals surface area contributed by atoms with Gasteiger partial charge in [0.1, 0.15) is 0 Å². The summed E-state index contributed by atoms with van der Waals surface area (Å²) in [6, 6.07) is 0. The van der Waals surface area contributed by atoms with E-state index in [-0.39, 0.29) is 0 Å². The predicted molar refractivity (Wildman–Crippen MR) is 83.6 cm³/mol. The van der Waals surface area contributed by atoms with Crippen molar-refractivity contribution in [3.8, 4) is 0 Å². The van der Waals surface area contributed by atoms with Crippen molar-refractivity contribution in [3.63, 3.8) is 0 Å². The number of rotatable bonds is 6. The molecule has 0 heterocycles. The first-order chi connectivity index (χ1) is 8.99. The van der Waals surface area contributed by atoms with Crippen LogP contribution >= 0.6 is 0 Å². The molecule has 0 aliphatic carbocycles. The van der Waals surface area contributed by atoms with E-state index >= 15 is 0 Å². The zero-order valence-electron chi connectivity index (χ0n) is 14.3. The fourth-order valence-corrected chi connectivity index (χ4v) is 1.11. The summed E-state index contributed by atoms with van der Waals surface area (Å²) in [5.74, 6) is -1.21. The lowest BCUT2D eigenvalue weighted by atomic mass is 9.72. The standard InChI is InChI=1S/C14H28BN2O4/c1-11(2,13(5,6)20)16-9(18)15-10(19)17-12(3,4)14(7,8)21/h20-21H,1-8H3,(H,16,18)(H,17,19). The zero-order valence-corrected chi connectivity index (χ0v) is 14.3. The van der Waals surface area contributed by atoms with E-state index in [1.807, 2.05) is 0 Å². The molecule has 21 heavy (non-hydrogen) atoms. The first-order valence-electron chi connectivity index (χ1n) is 6.93. The SMILES string of the molecule is CC(C)(O)C(C)(C)NC(=O)[B]C(=O)NC(C)(C)C(C)(C)O. The van der Waals surface area contributed by atoms with E-state index < -0.39 is 33.9 Å². The third-order valence-electron chi connectivity index (χ3n) is 4.19. The van der Waals surface area contributed by atoms with Gasteiger partial charge in [-0.2, -0.15) is 0 Å². The van der Waals surface area contributed by atoms with E-state index in [1.54, 1.807) is 55.4 Å². The van der Waals surface area contributed by atoms with Crippen molar-refractivity contribution < 1.29 is 19.8 Å². The maximum Gasteiger partial charge on any atom is 0.350 e. The van der Waals surface area contributed by atoms with Crippen LogP contribution in [0.25, 0.3) is 0 Å². The highest BCUT2D eigenvalue weighted by atomic mass is 16.3. The molecule has 0 atom stereocenters. The summed E-state index contributed by atoms with van der Waals surface area (Å²) in [7, 11) is 0.876. The van der Waals surface area contributed by atoms with Crippen LogP contribution in [0.3, 0.4) is 0 Å². The number of carbonyl (C=O) groups is 2. The topological polar surface area (TPSA) is 98.7 Å². The summed E-state index contributed by atoms with van der Waals surface area (Å²) < 4.78 is 0. The molecule has 0 aromatic carbocycles. The monoisotopic (exact) mass is 299 g/mol. The lowest BCUT2D eigenvalue weighted by molar-refractivity contribution is 0.00204. The largest absolute Gasteiger partial charge is 0.388 e. The predicted octanol–water partition coefficient (Wildman–Crippen LogP) is 1.21. The van der Waals surface area contributed by atoms with Gasteiger partial charge in [-0.05, 0) is 55.4 Å². The summed E-state index contributed by atoms with van der Waals surface area (Å²) >= 11 is 0. The zero-order chi connectivity index (χ0) is 17.3. The minimum absolute atomic E-state index is 0.605. The van der Waals surface area contributed by atoms with Gasteiger partial charge in [-0.3, -0.25) is 9.59 Å². The maximum absolute atomic E-state index is 11.9.